The van der Waals surface area contributed by atoms with Crippen molar-refractivity contribution >= 4 is 11.8 Å². The lowest BCUT2D eigenvalue weighted by molar-refractivity contribution is 0.123. The summed E-state index contributed by atoms with van der Waals surface area (Å²) in [5, 5.41) is 9.10. The molecule has 3 rings (SSSR count). The van der Waals surface area contributed by atoms with Gasteiger partial charge in [0.25, 0.3) is 0 Å². The molecule has 0 aliphatic carbocycles. The van der Waals surface area contributed by atoms with E-state index in [1.54, 1.807) is 25.2 Å². The van der Waals surface area contributed by atoms with Gasteiger partial charge in [0.2, 0.25) is 0 Å². The van der Waals surface area contributed by atoms with Crippen LogP contribution in [-0.4, -0.2) is 27.6 Å². The molecular weight excluding hydrogens is 294 g/mol. The van der Waals surface area contributed by atoms with Gasteiger partial charge in [-0.25, -0.2) is 0 Å². The summed E-state index contributed by atoms with van der Waals surface area (Å²) >= 11 is 1.64. The summed E-state index contributed by atoms with van der Waals surface area (Å²) in [7, 11) is 1.74. The molecule has 0 saturated carbocycles. The van der Waals surface area contributed by atoms with Gasteiger partial charge < -0.3 is 4.74 Å². The molecule has 2 aromatic carbocycles. The second-order valence-electron chi connectivity index (χ2n) is 4.77. The van der Waals surface area contributed by atoms with E-state index in [0.29, 0.717) is 0 Å². The number of ether oxygens (including phenoxy) is 1. The first-order valence-corrected chi connectivity index (χ1v) is 8.03. The zero-order chi connectivity index (χ0) is 15.2. The van der Waals surface area contributed by atoms with Gasteiger partial charge in [-0.3, -0.25) is 4.57 Å². The van der Waals surface area contributed by atoms with Crippen LogP contribution in [0.4, 0.5) is 0 Å². The van der Waals surface area contributed by atoms with E-state index < -0.39 is 0 Å². The summed E-state index contributed by atoms with van der Waals surface area (Å²) in [5.74, 6) is 0.784. The minimum atomic E-state index is 0.0344. The Bertz CT molecular complexity index is 700. The third-order valence-electron chi connectivity index (χ3n) is 3.37. The van der Waals surface area contributed by atoms with Crippen LogP contribution in [-0.2, 0) is 4.74 Å². The highest BCUT2D eigenvalue weighted by atomic mass is 32.2. The molecule has 22 heavy (non-hydrogen) atoms. The van der Waals surface area contributed by atoms with E-state index in [4.69, 9.17) is 4.74 Å². The average molecular weight is 311 g/mol. The van der Waals surface area contributed by atoms with Crippen molar-refractivity contribution in [3.05, 3.63) is 72.6 Å². The van der Waals surface area contributed by atoms with E-state index in [-0.39, 0.29) is 6.10 Å². The van der Waals surface area contributed by atoms with E-state index in [9.17, 15) is 0 Å². The van der Waals surface area contributed by atoms with Crippen LogP contribution in [0.25, 0.3) is 5.69 Å². The Hall–Kier alpha value is -2.11. The predicted octanol–water partition coefficient (Wildman–Crippen LogP) is 3.75. The van der Waals surface area contributed by atoms with Crippen molar-refractivity contribution in [1.82, 2.24) is 14.8 Å². The molecule has 0 aliphatic heterocycles. The first-order valence-electron chi connectivity index (χ1n) is 7.04. The summed E-state index contributed by atoms with van der Waals surface area (Å²) in [4.78, 5) is 0. The molecule has 0 saturated heterocycles. The maximum absolute atomic E-state index is 5.60. The Morgan fingerprint density at radius 2 is 1.73 bits per heavy atom. The molecule has 1 aromatic heterocycles. The van der Waals surface area contributed by atoms with Crippen LogP contribution in [0.15, 0.2) is 72.1 Å². The Labute approximate surface area is 134 Å². The second kappa shape index (κ2) is 7.24. The number of para-hydroxylation sites is 1. The first kappa shape index (κ1) is 14.8. The molecule has 1 unspecified atom stereocenters. The summed E-state index contributed by atoms with van der Waals surface area (Å²) in [5.41, 5.74) is 2.23. The summed E-state index contributed by atoms with van der Waals surface area (Å²) < 4.78 is 7.59. The molecule has 0 N–H and O–H groups in total. The maximum atomic E-state index is 5.60. The van der Waals surface area contributed by atoms with Crippen LogP contribution in [0.5, 0.6) is 0 Å². The molecule has 0 fully saturated rings. The van der Waals surface area contributed by atoms with Crippen molar-refractivity contribution < 1.29 is 4.74 Å². The third kappa shape index (κ3) is 3.37. The lowest BCUT2D eigenvalue weighted by atomic mass is 10.1. The van der Waals surface area contributed by atoms with Crippen LogP contribution >= 0.6 is 11.8 Å². The highest BCUT2D eigenvalue weighted by Gasteiger charge is 2.14. The number of rotatable bonds is 6. The summed E-state index contributed by atoms with van der Waals surface area (Å²) in [6.45, 7) is 0. The van der Waals surface area contributed by atoms with Gasteiger partial charge in [0.15, 0.2) is 5.16 Å². The van der Waals surface area contributed by atoms with E-state index in [1.807, 2.05) is 53.1 Å². The van der Waals surface area contributed by atoms with Crippen LogP contribution in [0, 0.1) is 0 Å². The average Bonchev–Trinajstić information content (AvgIpc) is 3.06. The van der Waals surface area contributed by atoms with Crippen molar-refractivity contribution in [3.8, 4) is 5.69 Å². The first-order chi connectivity index (χ1) is 10.9. The Morgan fingerprint density at radius 1 is 1.05 bits per heavy atom. The number of aromatic nitrogens is 3. The van der Waals surface area contributed by atoms with Gasteiger partial charge in [-0.05, 0) is 17.7 Å². The van der Waals surface area contributed by atoms with Gasteiger partial charge in [-0.15, -0.1) is 10.2 Å². The van der Waals surface area contributed by atoms with Gasteiger partial charge >= 0.3 is 0 Å². The zero-order valence-corrected chi connectivity index (χ0v) is 13.1. The number of benzene rings is 2. The second-order valence-corrected chi connectivity index (χ2v) is 5.75. The van der Waals surface area contributed by atoms with Gasteiger partial charge in [-0.2, -0.15) is 0 Å². The normalized spacial score (nSPS) is 12.2. The van der Waals surface area contributed by atoms with E-state index >= 15 is 0 Å². The van der Waals surface area contributed by atoms with Gasteiger partial charge in [-0.1, -0.05) is 60.3 Å². The van der Waals surface area contributed by atoms with Crippen molar-refractivity contribution in [2.24, 2.45) is 0 Å². The predicted molar refractivity (Wildman–Crippen MR) is 88.3 cm³/mol. The molecule has 4 nitrogen and oxygen atoms in total. The van der Waals surface area contributed by atoms with Crippen molar-refractivity contribution in [3.63, 3.8) is 0 Å². The van der Waals surface area contributed by atoms with Gasteiger partial charge in [0, 0.05) is 18.6 Å². The quantitative estimate of drug-likeness (QED) is 0.650. The minimum Gasteiger partial charge on any atom is -0.376 e. The lowest BCUT2D eigenvalue weighted by Crippen LogP contribution is -2.05. The number of hydrogen-bond donors (Lipinski definition) is 0. The molecule has 0 spiro atoms. The number of methoxy groups -OCH3 is 1. The molecule has 5 heteroatoms. The number of thioether (sulfide) groups is 1. The SMILES string of the molecule is COC(CSc1nncn1-c1ccccc1)c1ccccc1. The molecule has 0 bridgehead atoms. The standard InChI is InChI=1S/C17H17N3OS/c1-21-16(14-8-4-2-5-9-14)12-22-17-19-18-13-20(17)15-10-6-3-7-11-15/h2-11,13,16H,12H2,1H3. The maximum Gasteiger partial charge on any atom is 0.195 e. The number of nitrogens with zero attached hydrogens (tertiary/aromatic N) is 3. The molecular formula is C17H17N3OS. The third-order valence-corrected chi connectivity index (χ3v) is 4.38. The molecule has 3 aromatic rings. The van der Waals surface area contributed by atoms with Crippen molar-refractivity contribution in [2.45, 2.75) is 11.3 Å². The van der Waals surface area contributed by atoms with Crippen LogP contribution in [0.1, 0.15) is 11.7 Å². The molecule has 0 radical (unpaired) electrons. The smallest absolute Gasteiger partial charge is 0.195 e. The topological polar surface area (TPSA) is 39.9 Å². The highest BCUT2D eigenvalue weighted by molar-refractivity contribution is 7.99. The Morgan fingerprint density at radius 3 is 2.41 bits per heavy atom. The van der Waals surface area contributed by atoms with E-state index in [2.05, 4.69) is 22.3 Å². The molecule has 112 valence electrons. The van der Waals surface area contributed by atoms with Crippen molar-refractivity contribution in [1.29, 1.82) is 0 Å². The van der Waals surface area contributed by atoms with Gasteiger partial charge in [0.1, 0.15) is 6.33 Å². The van der Waals surface area contributed by atoms with E-state index in [0.717, 1.165) is 16.6 Å². The van der Waals surface area contributed by atoms with E-state index in [1.165, 1.54) is 5.56 Å². The van der Waals surface area contributed by atoms with Crippen LogP contribution in [0.2, 0.25) is 0 Å². The summed E-state index contributed by atoms with van der Waals surface area (Å²) in [6.07, 6.45) is 1.77. The molecule has 0 amide bonds. The lowest BCUT2D eigenvalue weighted by Gasteiger charge is -2.15. The fourth-order valence-corrected chi connectivity index (χ4v) is 3.23. The number of hydrogen-bond acceptors (Lipinski definition) is 4. The zero-order valence-electron chi connectivity index (χ0n) is 12.3. The van der Waals surface area contributed by atoms with Crippen LogP contribution < -0.4 is 0 Å². The molecule has 1 heterocycles. The molecule has 1 atom stereocenters. The fraction of sp³-hybridized carbons (Fsp3) is 0.176. The monoisotopic (exact) mass is 311 g/mol. The Kier molecular flexibility index (Phi) is 4.88. The van der Waals surface area contributed by atoms with Crippen molar-refractivity contribution in [2.75, 3.05) is 12.9 Å². The largest absolute Gasteiger partial charge is 0.376 e. The fourth-order valence-electron chi connectivity index (χ4n) is 2.21. The Balaban J connectivity index is 1.73. The van der Waals surface area contributed by atoms with Gasteiger partial charge in [0.05, 0.1) is 6.10 Å². The molecule has 0 aliphatic rings. The minimum absolute atomic E-state index is 0.0344. The highest BCUT2D eigenvalue weighted by Crippen LogP contribution is 2.26. The van der Waals surface area contributed by atoms with Crippen LogP contribution in [0.3, 0.4) is 0 Å². The summed E-state index contributed by atoms with van der Waals surface area (Å²) in [6, 6.07) is 20.3.